The molecule has 0 amide bonds. The zero-order valence-corrected chi connectivity index (χ0v) is 11.1. The summed E-state index contributed by atoms with van der Waals surface area (Å²) < 4.78 is 5.76. The quantitative estimate of drug-likeness (QED) is 0.800. The van der Waals surface area contributed by atoms with Crippen molar-refractivity contribution >= 4 is 0 Å². The average molecular weight is 234 g/mol. The molecule has 1 saturated heterocycles. The van der Waals surface area contributed by atoms with Crippen LogP contribution >= 0.6 is 0 Å². The standard InChI is InChI=1S/C14H22N2O/c1-4-12-8-11(14-6-5-7-17-14)9-13(15-12)10-16(2)3/h8-9,14H,4-7,10H2,1-3H3. The Morgan fingerprint density at radius 3 is 2.71 bits per heavy atom. The molecule has 1 aliphatic heterocycles. The first kappa shape index (κ1) is 12.5. The predicted octanol–water partition coefficient (Wildman–Crippen LogP) is 2.56. The summed E-state index contributed by atoms with van der Waals surface area (Å²) in [6.45, 7) is 3.95. The van der Waals surface area contributed by atoms with Gasteiger partial charge in [-0.25, -0.2) is 0 Å². The highest BCUT2D eigenvalue weighted by atomic mass is 16.5. The maximum absolute atomic E-state index is 5.76. The molecule has 0 aromatic carbocycles. The third-order valence-electron chi connectivity index (χ3n) is 3.10. The second-order valence-electron chi connectivity index (χ2n) is 4.98. The lowest BCUT2D eigenvalue weighted by molar-refractivity contribution is 0.111. The molecule has 1 aliphatic rings. The molecule has 0 spiro atoms. The SMILES string of the molecule is CCc1cc(C2CCCO2)cc(CN(C)C)n1. The third-order valence-corrected chi connectivity index (χ3v) is 3.10. The molecular weight excluding hydrogens is 212 g/mol. The van der Waals surface area contributed by atoms with E-state index in [0.717, 1.165) is 31.7 Å². The lowest BCUT2D eigenvalue weighted by Crippen LogP contribution is -2.13. The maximum atomic E-state index is 5.76. The molecule has 1 fully saturated rings. The molecule has 0 aliphatic carbocycles. The molecule has 0 N–H and O–H groups in total. The van der Waals surface area contributed by atoms with E-state index in [4.69, 9.17) is 4.74 Å². The van der Waals surface area contributed by atoms with Gasteiger partial charge in [0.05, 0.1) is 11.8 Å². The summed E-state index contributed by atoms with van der Waals surface area (Å²) in [5, 5.41) is 0. The minimum Gasteiger partial charge on any atom is -0.374 e. The first-order valence-corrected chi connectivity index (χ1v) is 6.45. The van der Waals surface area contributed by atoms with Gasteiger partial charge in [-0.1, -0.05) is 6.92 Å². The van der Waals surface area contributed by atoms with E-state index in [0.29, 0.717) is 6.10 Å². The number of hydrogen-bond acceptors (Lipinski definition) is 3. The highest BCUT2D eigenvalue weighted by molar-refractivity contribution is 5.24. The predicted molar refractivity (Wildman–Crippen MR) is 68.9 cm³/mol. The van der Waals surface area contributed by atoms with Crippen LogP contribution in [0.25, 0.3) is 0 Å². The van der Waals surface area contributed by atoms with E-state index in [1.807, 2.05) is 0 Å². The Labute approximate surface area is 104 Å². The monoisotopic (exact) mass is 234 g/mol. The number of ether oxygens (including phenoxy) is 1. The van der Waals surface area contributed by atoms with Crippen molar-refractivity contribution in [3.8, 4) is 0 Å². The van der Waals surface area contributed by atoms with Gasteiger partial charge in [-0.05, 0) is 51.1 Å². The number of nitrogens with zero attached hydrogens (tertiary/aromatic N) is 2. The fourth-order valence-electron chi connectivity index (χ4n) is 2.29. The first-order chi connectivity index (χ1) is 8.19. The van der Waals surface area contributed by atoms with Gasteiger partial charge in [0.25, 0.3) is 0 Å². The highest BCUT2D eigenvalue weighted by Crippen LogP contribution is 2.29. The van der Waals surface area contributed by atoms with Crippen molar-refractivity contribution in [2.75, 3.05) is 20.7 Å². The van der Waals surface area contributed by atoms with E-state index in [2.05, 4.69) is 43.0 Å². The molecule has 1 aromatic rings. The minimum absolute atomic E-state index is 0.296. The molecule has 17 heavy (non-hydrogen) atoms. The summed E-state index contributed by atoms with van der Waals surface area (Å²) in [4.78, 5) is 6.82. The number of pyridine rings is 1. The van der Waals surface area contributed by atoms with Crippen molar-refractivity contribution < 1.29 is 4.74 Å². The molecule has 1 atom stereocenters. The van der Waals surface area contributed by atoms with Gasteiger partial charge in [0, 0.05) is 18.8 Å². The molecule has 2 rings (SSSR count). The fourth-order valence-corrected chi connectivity index (χ4v) is 2.29. The van der Waals surface area contributed by atoms with Crippen LogP contribution in [0.3, 0.4) is 0 Å². The van der Waals surface area contributed by atoms with Crippen molar-refractivity contribution in [2.45, 2.75) is 38.8 Å². The van der Waals surface area contributed by atoms with Crippen molar-refractivity contribution in [3.63, 3.8) is 0 Å². The molecule has 3 heteroatoms. The molecule has 94 valence electrons. The lowest BCUT2D eigenvalue weighted by Gasteiger charge is -2.15. The number of hydrogen-bond donors (Lipinski definition) is 0. The van der Waals surface area contributed by atoms with Gasteiger partial charge in [-0.3, -0.25) is 4.98 Å². The maximum Gasteiger partial charge on any atom is 0.0827 e. The zero-order valence-electron chi connectivity index (χ0n) is 11.1. The van der Waals surface area contributed by atoms with Crippen LogP contribution in [0.4, 0.5) is 0 Å². The average Bonchev–Trinajstić information content (AvgIpc) is 2.81. The van der Waals surface area contributed by atoms with E-state index < -0.39 is 0 Å². The van der Waals surface area contributed by atoms with Gasteiger partial charge in [0.2, 0.25) is 0 Å². The van der Waals surface area contributed by atoms with E-state index in [1.54, 1.807) is 0 Å². The van der Waals surface area contributed by atoms with Crippen LogP contribution in [0, 0.1) is 0 Å². The molecule has 0 bridgehead atoms. The Balaban J connectivity index is 2.24. The van der Waals surface area contributed by atoms with Crippen LogP contribution < -0.4 is 0 Å². The van der Waals surface area contributed by atoms with Crippen molar-refractivity contribution in [2.24, 2.45) is 0 Å². The van der Waals surface area contributed by atoms with Crippen LogP contribution in [-0.2, 0) is 17.7 Å². The number of aryl methyl sites for hydroxylation is 1. The summed E-state index contributed by atoms with van der Waals surface area (Å²) in [6, 6.07) is 4.41. The fraction of sp³-hybridized carbons (Fsp3) is 0.643. The minimum atomic E-state index is 0.296. The van der Waals surface area contributed by atoms with Gasteiger partial charge in [-0.15, -0.1) is 0 Å². The molecule has 1 aromatic heterocycles. The van der Waals surface area contributed by atoms with Crippen molar-refractivity contribution in [1.29, 1.82) is 0 Å². The first-order valence-electron chi connectivity index (χ1n) is 6.45. The Hall–Kier alpha value is -0.930. The van der Waals surface area contributed by atoms with E-state index in [-0.39, 0.29) is 0 Å². The van der Waals surface area contributed by atoms with Crippen molar-refractivity contribution in [3.05, 3.63) is 29.1 Å². The molecule has 2 heterocycles. The smallest absolute Gasteiger partial charge is 0.0827 e. The van der Waals surface area contributed by atoms with Crippen LogP contribution in [0.2, 0.25) is 0 Å². The second-order valence-corrected chi connectivity index (χ2v) is 4.98. The number of rotatable bonds is 4. The highest BCUT2D eigenvalue weighted by Gasteiger charge is 2.19. The normalized spacial score (nSPS) is 20.1. The Morgan fingerprint density at radius 2 is 2.12 bits per heavy atom. The summed E-state index contributed by atoms with van der Waals surface area (Å²) in [5.41, 5.74) is 3.64. The van der Waals surface area contributed by atoms with E-state index >= 15 is 0 Å². The van der Waals surface area contributed by atoms with Gasteiger partial charge >= 0.3 is 0 Å². The van der Waals surface area contributed by atoms with Crippen LogP contribution in [0.1, 0.15) is 42.8 Å². The lowest BCUT2D eigenvalue weighted by atomic mass is 10.0. The van der Waals surface area contributed by atoms with Crippen LogP contribution in [0.15, 0.2) is 12.1 Å². The summed E-state index contributed by atoms with van der Waals surface area (Å²) in [7, 11) is 4.15. The van der Waals surface area contributed by atoms with Gasteiger partial charge in [0.1, 0.15) is 0 Å². The van der Waals surface area contributed by atoms with E-state index in [1.165, 1.54) is 17.7 Å². The Kier molecular flexibility index (Phi) is 4.13. The van der Waals surface area contributed by atoms with E-state index in [9.17, 15) is 0 Å². The van der Waals surface area contributed by atoms with Crippen LogP contribution in [-0.4, -0.2) is 30.6 Å². The third kappa shape index (κ3) is 3.27. The van der Waals surface area contributed by atoms with Gasteiger partial charge < -0.3 is 9.64 Å². The summed E-state index contributed by atoms with van der Waals surface area (Å²) >= 11 is 0. The topological polar surface area (TPSA) is 25.4 Å². The van der Waals surface area contributed by atoms with Crippen LogP contribution in [0.5, 0.6) is 0 Å². The zero-order chi connectivity index (χ0) is 12.3. The molecule has 1 unspecified atom stereocenters. The second kappa shape index (κ2) is 5.61. The molecule has 3 nitrogen and oxygen atoms in total. The van der Waals surface area contributed by atoms with Crippen molar-refractivity contribution in [1.82, 2.24) is 9.88 Å². The Morgan fingerprint density at radius 1 is 1.35 bits per heavy atom. The largest absolute Gasteiger partial charge is 0.374 e. The molecule has 0 radical (unpaired) electrons. The molecule has 0 saturated carbocycles. The van der Waals surface area contributed by atoms with Gasteiger partial charge in [-0.2, -0.15) is 0 Å². The summed E-state index contributed by atoms with van der Waals surface area (Å²) in [6.07, 6.45) is 3.61. The Bertz CT molecular complexity index is 370. The van der Waals surface area contributed by atoms with Gasteiger partial charge in [0.15, 0.2) is 0 Å². The molecular formula is C14H22N2O. The summed E-state index contributed by atoms with van der Waals surface area (Å²) in [5.74, 6) is 0. The number of aromatic nitrogens is 1.